The third kappa shape index (κ3) is 3.66. The molecule has 0 unspecified atom stereocenters. The van der Waals surface area contributed by atoms with Crippen LogP contribution in [-0.4, -0.2) is 16.9 Å². The number of anilines is 1. The lowest BCUT2D eigenvalue weighted by Gasteiger charge is -2.22. The van der Waals surface area contributed by atoms with Gasteiger partial charge in [0.1, 0.15) is 9.71 Å². The number of rotatable bonds is 4. The maximum atomic E-state index is 12.6. The Kier molecular flexibility index (Phi) is 4.85. The van der Waals surface area contributed by atoms with E-state index >= 15 is 0 Å². The molecule has 0 bridgehead atoms. The fourth-order valence-electron chi connectivity index (χ4n) is 3.23. The lowest BCUT2D eigenvalue weighted by atomic mass is 9.95. The summed E-state index contributed by atoms with van der Waals surface area (Å²) >= 11 is 1.41. The maximum absolute atomic E-state index is 12.6. The molecule has 1 saturated carbocycles. The van der Waals surface area contributed by atoms with Crippen LogP contribution in [0.2, 0.25) is 0 Å². The molecule has 0 saturated heterocycles. The molecule has 1 aliphatic rings. The van der Waals surface area contributed by atoms with Gasteiger partial charge in [0, 0.05) is 17.1 Å². The first-order valence-corrected chi connectivity index (χ1v) is 9.35. The summed E-state index contributed by atoms with van der Waals surface area (Å²) in [4.78, 5) is 18.7. The average molecular weight is 331 g/mol. The highest BCUT2D eigenvalue weighted by molar-refractivity contribution is 7.21. The summed E-state index contributed by atoms with van der Waals surface area (Å²) in [5, 5.41) is 4.05. The van der Waals surface area contributed by atoms with E-state index in [-0.39, 0.29) is 5.91 Å². The number of aromatic nitrogens is 1. The fraction of sp³-hybridized carbons (Fsp3) is 0.556. The molecule has 2 heterocycles. The van der Waals surface area contributed by atoms with Crippen molar-refractivity contribution in [1.82, 2.24) is 10.3 Å². The Morgan fingerprint density at radius 2 is 2.09 bits per heavy atom. The quantitative estimate of drug-likeness (QED) is 0.884. The van der Waals surface area contributed by atoms with Crippen LogP contribution in [0, 0.1) is 5.92 Å². The molecule has 5 heteroatoms. The predicted molar refractivity (Wildman–Crippen MR) is 96.9 cm³/mol. The SMILES string of the molecule is CC(C)Cc1ccc2c(N)c(C(=O)NC3CCCCC3)sc2n1. The van der Waals surface area contributed by atoms with Crippen molar-refractivity contribution in [3.63, 3.8) is 0 Å². The molecule has 0 spiro atoms. The second kappa shape index (κ2) is 6.87. The number of nitrogens with zero attached hydrogens (tertiary/aromatic N) is 1. The number of carbonyl (C=O) groups excluding carboxylic acids is 1. The Morgan fingerprint density at radius 3 is 2.78 bits per heavy atom. The van der Waals surface area contributed by atoms with Gasteiger partial charge in [0.15, 0.2) is 0 Å². The van der Waals surface area contributed by atoms with Gasteiger partial charge >= 0.3 is 0 Å². The zero-order valence-corrected chi connectivity index (χ0v) is 14.7. The van der Waals surface area contributed by atoms with Crippen molar-refractivity contribution >= 4 is 33.1 Å². The number of nitrogens with two attached hydrogens (primary N) is 1. The van der Waals surface area contributed by atoms with Crippen molar-refractivity contribution in [1.29, 1.82) is 0 Å². The Hall–Kier alpha value is -1.62. The van der Waals surface area contributed by atoms with E-state index in [9.17, 15) is 4.79 Å². The minimum absolute atomic E-state index is 0.0391. The molecule has 4 nitrogen and oxygen atoms in total. The average Bonchev–Trinajstić information content (AvgIpc) is 2.84. The van der Waals surface area contributed by atoms with Gasteiger partial charge < -0.3 is 11.1 Å². The molecule has 1 aliphatic carbocycles. The summed E-state index contributed by atoms with van der Waals surface area (Å²) in [6.45, 7) is 4.36. The molecule has 0 aliphatic heterocycles. The number of hydrogen-bond acceptors (Lipinski definition) is 4. The Balaban J connectivity index is 1.82. The Bertz CT molecular complexity index is 702. The molecule has 124 valence electrons. The molecule has 1 amide bonds. The highest BCUT2D eigenvalue weighted by atomic mass is 32.1. The van der Waals surface area contributed by atoms with E-state index in [0.29, 0.717) is 22.5 Å². The van der Waals surface area contributed by atoms with Crippen LogP contribution in [0.4, 0.5) is 5.69 Å². The van der Waals surface area contributed by atoms with E-state index in [1.54, 1.807) is 0 Å². The maximum Gasteiger partial charge on any atom is 0.263 e. The van der Waals surface area contributed by atoms with Crippen LogP contribution in [0.5, 0.6) is 0 Å². The third-order valence-electron chi connectivity index (χ3n) is 4.42. The zero-order chi connectivity index (χ0) is 16.4. The summed E-state index contributed by atoms with van der Waals surface area (Å²) < 4.78 is 0. The number of fused-ring (bicyclic) bond motifs is 1. The zero-order valence-electron chi connectivity index (χ0n) is 13.9. The van der Waals surface area contributed by atoms with Gasteiger partial charge in [-0.2, -0.15) is 0 Å². The summed E-state index contributed by atoms with van der Waals surface area (Å²) in [7, 11) is 0. The van der Waals surface area contributed by atoms with E-state index in [4.69, 9.17) is 5.73 Å². The summed E-state index contributed by atoms with van der Waals surface area (Å²) in [6.07, 6.45) is 6.78. The first kappa shape index (κ1) is 16.2. The fourth-order valence-corrected chi connectivity index (χ4v) is 4.25. The largest absolute Gasteiger partial charge is 0.397 e. The van der Waals surface area contributed by atoms with Crippen LogP contribution >= 0.6 is 11.3 Å². The van der Waals surface area contributed by atoms with E-state index in [2.05, 4.69) is 24.1 Å². The first-order valence-electron chi connectivity index (χ1n) is 8.53. The van der Waals surface area contributed by atoms with Gasteiger partial charge in [-0.1, -0.05) is 33.1 Å². The van der Waals surface area contributed by atoms with E-state index in [1.165, 1.54) is 30.6 Å². The number of hydrogen-bond donors (Lipinski definition) is 2. The van der Waals surface area contributed by atoms with Crippen LogP contribution < -0.4 is 11.1 Å². The third-order valence-corrected chi connectivity index (χ3v) is 5.53. The minimum Gasteiger partial charge on any atom is -0.397 e. The lowest BCUT2D eigenvalue weighted by molar-refractivity contribution is 0.0932. The molecule has 0 atom stereocenters. The van der Waals surface area contributed by atoms with Gasteiger partial charge in [0.05, 0.1) is 5.69 Å². The number of pyridine rings is 1. The van der Waals surface area contributed by atoms with E-state index in [0.717, 1.165) is 35.2 Å². The van der Waals surface area contributed by atoms with Crippen LogP contribution in [-0.2, 0) is 6.42 Å². The second-order valence-electron chi connectivity index (χ2n) is 6.91. The Labute approximate surface area is 141 Å². The second-order valence-corrected chi connectivity index (χ2v) is 7.91. The number of nitrogen functional groups attached to an aromatic ring is 1. The number of thiophene rings is 1. The first-order chi connectivity index (χ1) is 11.0. The monoisotopic (exact) mass is 331 g/mol. The van der Waals surface area contributed by atoms with Gasteiger partial charge in [0.25, 0.3) is 5.91 Å². The minimum atomic E-state index is -0.0391. The molecule has 3 N–H and O–H groups in total. The molecule has 0 radical (unpaired) electrons. The van der Waals surface area contributed by atoms with Gasteiger partial charge in [-0.25, -0.2) is 4.98 Å². The number of nitrogens with one attached hydrogen (secondary N) is 1. The number of carbonyl (C=O) groups is 1. The highest BCUT2D eigenvalue weighted by Gasteiger charge is 2.21. The van der Waals surface area contributed by atoms with Gasteiger partial charge in [-0.05, 0) is 37.3 Å². The highest BCUT2D eigenvalue weighted by Crippen LogP contribution is 2.33. The molecule has 3 rings (SSSR count). The van der Waals surface area contributed by atoms with E-state index < -0.39 is 0 Å². The van der Waals surface area contributed by atoms with Crippen molar-refractivity contribution in [2.75, 3.05) is 5.73 Å². The summed E-state index contributed by atoms with van der Waals surface area (Å²) in [6, 6.07) is 4.32. The topological polar surface area (TPSA) is 68.0 Å². The standard InChI is InChI=1S/C18H25N3OS/c1-11(2)10-13-8-9-14-15(19)16(23-18(14)21-13)17(22)20-12-6-4-3-5-7-12/h8-9,11-12H,3-7,10,19H2,1-2H3,(H,20,22). The molecule has 2 aromatic heterocycles. The van der Waals surface area contributed by atoms with Crippen LogP contribution in [0.25, 0.3) is 10.2 Å². The molecule has 0 aromatic carbocycles. The van der Waals surface area contributed by atoms with Crippen molar-refractivity contribution < 1.29 is 4.79 Å². The number of amides is 1. The lowest BCUT2D eigenvalue weighted by Crippen LogP contribution is -2.36. The van der Waals surface area contributed by atoms with Crippen LogP contribution in [0.1, 0.15) is 61.3 Å². The van der Waals surface area contributed by atoms with Gasteiger partial charge in [-0.3, -0.25) is 4.79 Å². The van der Waals surface area contributed by atoms with Crippen molar-refractivity contribution in [3.8, 4) is 0 Å². The smallest absolute Gasteiger partial charge is 0.263 e. The van der Waals surface area contributed by atoms with Gasteiger partial charge in [0.2, 0.25) is 0 Å². The van der Waals surface area contributed by atoms with Crippen LogP contribution in [0.15, 0.2) is 12.1 Å². The summed E-state index contributed by atoms with van der Waals surface area (Å²) in [5.74, 6) is 0.522. The van der Waals surface area contributed by atoms with Crippen molar-refractivity contribution in [3.05, 3.63) is 22.7 Å². The van der Waals surface area contributed by atoms with Crippen LogP contribution in [0.3, 0.4) is 0 Å². The molecular weight excluding hydrogens is 306 g/mol. The predicted octanol–water partition coefficient (Wildman–Crippen LogP) is 4.14. The van der Waals surface area contributed by atoms with Crippen molar-refractivity contribution in [2.24, 2.45) is 5.92 Å². The Morgan fingerprint density at radius 1 is 1.35 bits per heavy atom. The molecule has 1 fully saturated rings. The molecule has 23 heavy (non-hydrogen) atoms. The normalized spacial score (nSPS) is 16.1. The van der Waals surface area contributed by atoms with Gasteiger partial charge in [-0.15, -0.1) is 11.3 Å². The van der Waals surface area contributed by atoms with Crippen molar-refractivity contribution in [2.45, 2.75) is 58.4 Å². The summed E-state index contributed by atoms with van der Waals surface area (Å²) in [5.41, 5.74) is 7.84. The molecular formula is C18H25N3OS. The molecule has 2 aromatic rings. The van der Waals surface area contributed by atoms with E-state index in [1.807, 2.05) is 12.1 Å².